The third kappa shape index (κ3) is 3.41. The lowest BCUT2D eigenvalue weighted by atomic mass is 10.2. The second-order valence-electron chi connectivity index (χ2n) is 5.50. The number of likely N-dealkylation sites (tertiary alicyclic amines) is 1. The van der Waals surface area contributed by atoms with Gasteiger partial charge < -0.3 is 15.0 Å². The van der Waals surface area contributed by atoms with Crippen molar-refractivity contribution in [3.63, 3.8) is 0 Å². The fourth-order valence-electron chi connectivity index (χ4n) is 2.66. The Morgan fingerprint density at radius 3 is 3.13 bits per heavy atom. The minimum absolute atomic E-state index is 0.000554. The first-order valence-electron chi connectivity index (χ1n) is 7.43. The van der Waals surface area contributed by atoms with Crippen LogP contribution in [0.1, 0.15) is 59.1 Å². The zero-order valence-corrected chi connectivity index (χ0v) is 13.9. The molecule has 8 nitrogen and oxygen atoms in total. The molecular weight excluding hydrogens is 318 g/mol. The van der Waals surface area contributed by atoms with E-state index in [-0.39, 0.29) is 18.0 Å². The molecule has 1 saturated heterocycles. The molecule has 1 aliphatic heterocycles. The summed E-state index contributed by atoms with van der Waals surface area (Å²) >= 11 is 1.60. The van der Waals surface area contributed by atoms with Crippen LogP contribution in [0.5, 0.6) is 0 Å². The maximum absolute atomic E-state index is 11.1. The zero-order chi connectivity index (χ0) is 16.4. The van der Waals surface area contributed by atoms with E-state index in [1.807, 2.05) is 12.3 Å². The monoisotopic (exact) mass is 337 g/mol. The number of thiazole rings is 1. The Bertz CT molecular complexity index is 686. The summed E-state index contributed by atoms with van der Waals surface area (Å²) in [4.78, 5) is 22.0. The number of ether oxygens (including phenoxy) is 1. The summed E-state index contributed by atoms with van der Waals surface area (Å²) in [5.74, 6) is -0.309. The van der Waals surface area contributed by atoms with Crippen molar-refractivity contribution >= 4 is 17.2 Å². The van der Waals surface area contributed by atoms with Crippen LogP contribution >= 0.6 is 11.3 Å². The Morgan fingerprint density at radius 1 is 1.61 bits per heavy atom. The van der Waals surface area contributed by atoms with Gasteiger partial charge in [0.1, 0.15) is 11.1 Å². The summed E-state index contributed by atoms with van der Waals surface area (Å²) in [6.45, 7) is 3.60. The minimum atomic E-state index is -0.678. The molecular formula is C14H19N5O3S. The third-order valence-electron chi connectivity index (χ3n) is 3.95. The molecule has 2 atom stereocenters. The van der Waals surface area contributed by atoms with Gasteiger partial charge in [-0.2, -0.15) is 4.98 Å². The number of nitrogens with two attached hydrogens (primary N) is 1. The highest BCUT2D eigenvalue weighted by molar-refractivity contribution is 7.09. The predicted molar refractivity (Wildman–Crippen MR) is 82.7 cm³/mol. The maximum Gasteiger partial charge on any atom is 0.290 e. The number of amides is 1. The van der Waals surface area contributed by atoms with Crippen LogP contribution in [0.4, 0.5) is 0 Å². The molecule has 2 aromatic heterocycles. The summed E-state index contributed by atoms with van der Waals surface area (Å²) in [5, 5.41) is 6.63. The van der Waals surface area contributed by atoms with E-state index in [4.69, 9.17) is 15.0 Å². The summed E-state index contributed by atoms with van der Waals surface area (Å²) in [5.41, 5.74) is 6.17. The molecule has 0 aromatic carbocycles. The molecule has 2 aromatic rings. The van der Waals surface area contributed by atoms with Gasteiger partial charge in [0.15, 0.2) is 0 Å². The van der Waals surface area contributed by atoms with Gasteiger partial charge in [-0.1, -0.05) is 5.16 Å². The Labute approximate surface area is 137 Å². The summed E-state index contributed by atoms with van der Waals surface area (Å²) in [7, 11) is 1.67. The number of aromatic nitrogens is 3. The van der Waals surface area contributed by atoms with Crippen LogP contribution in [0.2, 0.25) is 0 Å². The average Bonchev–Trinajstić information content (AvgIpc) is 3.26. The molecule has 2 N–H and O–H groups in total. The first kappa shape index (κ1) is 16.0. The normalized spacial score (nSPS) is 20.0. The number of rotatable bonds is 6. The average molecular weight is 337 g/mol. The molecule has 9 heteroatoms. The van der Waals surface area contributed by atoms with Crippen LogP contribution in [-0.4, -0.2) is 39.6 Å². The maximum atomic E-state index is 11.1. The van der Waals surface area contributed by atoms with E-state index >= 15 is 0 Å². The Hall–Kier alpha value is -1.84. The van der Waals surface area contributed by atoms with Gasteiger partial charge in [-0.25, -0.2) is 4.98 Å². The van der Waals surface area contributed by atoms with Crippen LogP contribution in [0.3, 0.4) is 0 Å². The first-order valence-corrected chi connectivity index (χ1v) is 8.31. The van der Waals surface area contributed by atoms with E-state index in [0.717, 1.165) is 30.1 Å². The number of carbonyl (C=O) groups is 1. The molecule has 0 aliphatic carbocycles. The number of nitrogens with zero attached hydrogens (tertiary/aromatic N) is 4. The van der Waals surface area contributed by atoms with E-state index in [1.165, 1.54) is 0 Å². The van der Waals surface area contributed by atoms with Crippen molar-refractivity contribution in [2.75, 3.05) is 13.7 Å². The molecule has 0 radical (unpaired) electrons. The Morgan fingerprint density at radius 2 is 2.43 bits per heavy atom. The second kappa shape index (κ2) is 6.73. The molecule has 3 heterocycles. The molecule has 1 amide bonds. The SMILES string of the molecule is CO[C@@H](C)c1nc(CN2CCC[C@H]2c2nc(C(N)=O)no2)cs1. The lowest BCUT2D eigenvalue weighted by Crippen LogP contribution is -2.23. The van der Waals surface area contributed by atoms with Gasteiger partial charge in [0, 0.05) is 19.0 Å². The van der Waals surface area contributed by atoms with Gasteiger partial charge in [-0.05, 0) is 26.3 Å². The largest absolute Gasteiger partial charge is 0.375 e. The number of primary amides is 1. The van der Waals surface area contributed by atoms with Gasteiger partial charge in [-0.3, -0.25) is 9.69 Å². The molecule has 0 saturated carbocycles. The highest BCUT2D eigenvalue weighted by Gasteiger charge is 2.31. The van der Waals surface area contributed by atoms with Gasteiger partial charge in [0.25, 0.3) is 11.7 Å². The third-order valence-corrected chi connectivity index (χ3v) is 5.00. The van der Waals surface area contributed by atoms with Crippen LogP contribution in [0, 0.1) is 0 Å². The van der Waals surface area contributed by atoms with Gasteiger partial charge in [0.05, 0.1) is 11.7 Å². The fraction of sp³-hybridized carbons (Fsp3) is 0.571. The Kier molecular flexibility index (Phi) is 4.69. The topological polar surface area (TPSA) is 107 Å². The van der Waals surface area contributed by atoms with Crippen molar-refractivity contribution in [3.8, 4) is 0 Å². The van der Waals surface area contributed by atoms with E-state index in [9.17, 15) is 4.79 Å². The lowest BCUT2D eigenvalue weighted by Gasteiger charge is -2.20. The molecule has 1 aliphatic rings. The predicted octanol–water partition coefficient (Wildman–Crippen LogP) is 1.67. The van der Waals surface area contributed by atoms with E-state index < -0.39 is 5.91 Å². The lowest BCUT2D eigenvalue weighted by molar-refractivity contribution is 0.0987. The molecule has 124 valence electrons. The van der Waals surface area contributed by atoms with Crippen molar-refractivity contribution in [2.24, 2.45) is 5.73 Å². The first-order chi connectivity index (χ1) is 11.1. The van der Waals surface area contributed by atoms with Crippen LogP contribution in [0.15, 0.2) is 9.90 Å². The Balaban J connectivity index is 1.71. The summed E-state index contributed by atoms with van der Waals surface area (Å²) in [6.07, 6.45) is 1.94. The fourth-order valence-corrected chi connectivity index (χ4v) is 3.50. The highest BCUT2D eigenvalue weighted by atomic mass is 32.1. The van der Waals surface area contributed by atoms with E-state index in [0.29, 0.717) is 12.4 Å². The molecule has 0 unspecified atom stereocenters. The standard InChI is InChI=1S/C14H19N5O3S/c1-8(21-2)14-16-9(7-23-14)6-19-5-3-4-10(19)13-17-12(11(15)20)18-22-13/h7-8,10H,3-6H2,1-2H3,(H2,15,20)/t8-,10-/m0/s1. The van der Waals surface area contributed by atoms with Gasteiger partial charge in [0.2, 0.25) is 5.89 Å². The van der Waals surface area contributed by atoms with Crippen LogP contribution in [0.25, 0.3) is 0 Å². The van der Waals surface area contributed by atoms with E-state index in [2.05, 4.69) is 20.0 Å². The van der Waals surface area contributed by atoms with Crippen molar-refractivity contribution in [3.05, 3.63) is 27.8 Å². The second-order valence-corrected chi connectivity index (χ2v) is 6.39. The summed E-state index contributed by atoms with van der Waals surface area (Å²) < 4.78 is 10.5. The minimum Gasteiger partial charge on any atom is -0.375 e. The van der Waals surface area contributed by atoms with Crippen molar-refractivity contribution < 1.29 is 14.1 Å². The highest BCUT2D eigenvalue weighted by Crippen LogP contribution is 2.32. The van der Waals surface area contributed by atoms with Crippen molar-refractivity contribution in [2.45, 2.75) is 38.5 Å². The molecule has 0 spiro atoms. The quantitative estimate of drug-likeness (QED) is 0.854. The smallest absolute Gasteiger partial charge is 0.290 e. The number of methoxy groups -OCH3 is 1. The molecule has 0 bridgehead atoms. The van der Waals surface area contributed by atoms with Crippen molar-refractivity contribution in [1.29, 1.82) is 0 Å². The van der Waals surface area contributed by atoms with Crippen molar-refractivity contribution in [1.82, 2.24) is 20.0 Å². The summed E-state index contributed by atoms with van der Waals surface area (Å²) in [6, 6.07) is 0.000554. The van der Waals surface area contributed by atoms with E-state index in [1.54, 1.807) is 18.4 Å². The van der Waals surface area contributed by atoms with Crippen LogP contribution < -0.4 is 5.73 Å². The number of hydrogen-bond donors (Lipinski definition) is 1. The molecule has 1 fully saturated rings. The van der Waals surface area contributed by atoms with Gasteiger partial charge in [-0.15, -0.1) is 11.3 Å². The number of carbonyl (C=O) groups excluding carboxylic acids is 1. The zero-order valence-electron chi connectivity index (χ0n) is 13.1. The molecule has 23 heavy (non-hydrogen) atoms. The van der Waals surface area contributed by atoms with Gasteiger partial charge >= 0.3 is 0 Å². The molecule has 3 rings (SSSR count). The number of hydrogen-bond acceptors (Lipinski definition) is 8. The van der Waals surface area contributed by atoms with Crippen LogP contribution in [-0.2, 0) is 11.3 Å².